The lowest BCUT2D eigenvalue weighted by atomic mass is 10.2. The summed E-state index contributed by atoms with van der Waals surface area (Å²) in [7, 11) is 1.54. The van der Waals surface area contributed by atoms with Gasteiger partial charge in [0.2, 0.25) is 0 Å². The number of hydrogen-bond acceptors (Lipinski definition) is 2. The second-order valence-corrected chi connectivity index (χ2v) is 2.64. The summed E-state index contributed by atoms with van der Waals surface area (Å²) in [6, 6.07) is 0. The number of nitrogens with zero attached hydrogens (tertiary/aromatic N) is 1. The molecule has 0 aromatic heterocycles. The van der Waals surface area contributed by atoms with Crippen LogP contribution in [0.3, 0.4) is 0 Å². The Morgan fingerprint density at radius 1 is 1.42 bits per heavy atom. The van der Waals surface area contributed by atoms with Gasteiger partial charge in [0.15, 0.2) is 0 Å². The van der Waals surface area contributed by atoms with E-state index >= 15 is 0 Å². The zero-order valence-corrected chi connectivity index (χ0v) is 6.82. The molecule has 0 fully saturated rings. The van der Waals surface area contributed by atoms with Crippen LogP contribution in [0.4, 0.5) is 0 Å². The summed E-state index contributed by atoms with van der Waals surface area (Å²) < 4.78 is 0. The summed E-state index contributed by atoms with van der Waals surface area (Å²) >= 11 is 0. The molecule has 60 valence electrons. The first-order valence-electron chi connectivity index (χ1n) is 3.79. The van der Waals surface area contributed by atoms with Crippen LogP contribution in [-0.4, -0.2) is 13.3 Å². The molecule has 0 aliphatic heterocycles. The topological polar surface area (TPSA) is 21.6 Å². The monoisotopic (exact) mass is 160 g/mol. The smallest absolute Gasteiger partial charge is 0.399 e. The normalized spacial score (nSPS) is 19.2. The molecule has 0 aromatic carbocycles. The van der Waals surface area contributed by atoms with Crippen LogP contribution in [-0.2, 0) is 4.84 Å². The lowest BCUT2D eigenvalue weighted by molar-refractivity contribution is 0.215. The Hall–Kier alpha value is -1.57. The van der Waals surface area contributed by atoms with Crippen molar-refractivity contribution >= 4 is 6.21 Å². The molecule has 2 rings (SSSR count). The maximum absolute atomic E-state index is 4.59. The van der Waals surface area contributed by atoms with Gasteiger partial charge < -0.3 is 4.84 Å². The summed E-state index contributed by atoms with van der Waals surface area (Å²) in [5, 5.41) is 3.69. The van der Waals surface area contributed by atoms with Gasteiger partial charge in [-0.25, -0.2) is 0 Å². The van der Waals surface area contributed by atoms with Crippen molar-refractivity contribution in [3.05, 3.63) is 47.1 Å². The van der Waals surface area contributed by atoms with Crippen LogP contribution in [0.15, 0.2) is 52.3 Å². The number of hydrogen-bond donors (Lipinski definition) is 0. The molecule has 0 spiro atoms. The molecule has 0 saturated carbocycles. The van der Waals surface area contributed by atoms with E-state index in [1.807, 2.05) is 6.08 Å². The third-order valence-electron chi connectivity index (χ3n) is 1.84. The number of oxime groups is 1. The summed E-state index contributed by atoms with van der Waals surface area (Å²) in [4.78, 5) is 4.59. The van der Waals surface area contributed by atoms with Crippen LogP contribution < -0.4 is 0 Å². The molecule has 2 aliphatic carbocycles. The van der Waals surface area contributed by atoms with Crippen molar-refractivity contribution in [3.8, 4) is 0 Å². The maximum atomic E-state index is 4.59. The molecule has 0 N–H and O–H groups in total. The Balaban J connectivity index is 0.000000845. The first-order valence-corrected chi connectivity index (χ1v) is 3.79. The summed E-state index contributed by atoms with van der Waals surface area (Å²) in [6.45, 7) is 0. The predicted molar refractivity (Wildman–Crippen MR) is 50.0 cm³/mol. The lowest BCUT2D eigenvalue weighted by Crippen LogP contribution is -1.77. The Kier molecular flexibility index (Phi) is 1.67. The third-order valence-corrected chi connectivity index (χ3v) is 1.84. The fourth-order valence-corrected chi connectivity index (χ4v) is 1.30. The average Bonchev–Trinajstić information content (AvgIpc) is 2.58. The molecule has 0 radical (unpaired) electrons. The van der Waals surface area contributed by atoms with Crippen LogP contribution >= 0.6 is 0 Å². The van der Waals surface area contributed by atoms with E-state index in [-0.39, 0.29) is 1.43 Å². The fourth-order valence-electron chi connectivity index (χ4n) is 1.30. The first kappa shape index (κ1) is 7.10. The van der Waals surface area contributed by atoms with E-state index in [0.29, 0.717) is 0 Å². The van der Waals surface area contributed by atoms with Gasteiger partial charge in [-0.1, -0.05) is 23.4 Å². The van der Waals surface area contributed by atoms with E-state index in [4.69, 9.17) is 0 Å². The van der Waals surface area contributed by atoms with Crippen molar-refractivity contribution in [2.45, 2.75) is 0 Å². The van der Waals surface area contributed by atoms with E-state index < -0.39 is 0 Å². The van der Waals surface area contributed by atoms with Gasteiger partial charge in [-0.2, -0.15) is 0 Å². The Morgan fingerprint density at radius 2 is 2.33 bits per heavy atom. The van der Waals surface area contributed by atoms with Gasteiger partial charge in [-0.3, -0.25) is 0 Å². The second kappa shape index (κ2) is 2.81. The van der Waals surface area contributed by atoms with Gasteiger partial charge in [0.25, 0.3) is 0 Å². The molecule has 0 bridgehead atoms. The maximum Gasteiger partial charge on any atom is 1.00 e. The highest BCUT2D eigenvalue weighted by Gasteiger charge is 2.10. The largest absolute Gasteiger partial charge is 1.00 e. The average molecular weight is 160 g/mol. The first-order chi connectivity index (χ1) is 5.90. The summed E-state index contributed by atoms with van der Waals surface area (Å²) in [5.74, 6) is 0. The molecular weight excluding hydrogens is 150 g/mol. The van der Waals surface area contributed by atoms with Gasteiger partial charge in [0.05, 0.1) is 6.21 Å². The highest BCUT2D eigenvalue weighted by molar-refractivity contribution is 5.87. The van der Waals surface area contributed by atoms with E-state index in [1.54, 1.807) is 13.3 Å². The lowest BCUT2D eigenvalue weighted by Gasteiger charge is -1.85. The van der Waals surface area contributed by atoms with Gasteiger partial charge in [0, 0.05) is 0 Å². The van der Waals surface area contributed by atoms with Crippen molar-refractivity contribution in [2.24, 2.45) is 5.16 Å². The van der Waals surface area contributed by atoms with Crippen molar-refractivity contribution in [1.82, 2.24) is 0 Å². The molecule has 2 heteroatoms. The molecule has 0 amide bonds. The molecular formula is C10H10NO+. The number of fused-ring (bicyclic) bond motifs is 1. The highest BCUT2D eigenvalue weighted by Crippen LogP contribution is 2.27. The van der Waals surface area contributed by atoms with Crippen LogP contribution in [0.1, 0.15) is 1.43 Å². The highest BCUT2D eigenvalue weighted by atomic mass is 16.6. The van der Waals surface area contributed by atoms with Crippen LogP contribution in [0, 0.1) is 0 Å². The molecule has 0 saturated heterocycles. The second-order valence-electron chi connectivity index (χ2n) is 2.64. The van der Waals surface area contributed by atoms with Crippen molar-refractivity contribution in [3.63, 3.8) is 0 Å². The zero-order chi connectivity index (χ0) is 8.39. The van der Waals surface area contributed by atoms with Crippen LogP contribution in [0.25, 0.3) is 0 Å². The van der Waals surface area contributed by atoms with Crippen LogP contribution in [0.5, 0.6) is 0 Å². The predicted octanol–water partition coefficient (Wildman–Crippen LogP) is 2.09. The standard InChI is InChI=1S/C10H9NO/c1-12-11-7-8-5-9-3-2-4-10(9)6-8/h2-7H,1H3/p+1. The third kappa shape index (κ3) is 1.11. The van der Waals surface area contributed by atoms with Crippen molar-refractivity contribution in [2.75, 3.05) is 7.11 Å². The Bertz CT molecular complexity index is 348. The fraction of sp³-hybridized carbons (Fsp3) is 0.100. The zero-order valence-electron chi connectivity index (χ0n) is 7.82. The Labute approximate surface area is 72.7 Å². The van der Waals surface area contributed by atoms with E-state index in [2.05, 4.69) is 34.3 Å². The number of rotatable bonds is 2. The van der Waals surface area contributed by atoms with Crippen molar-refractivity contribution in [1.29, 1.82) is 0 Å². The number of allylic oxidation sites excluding steroid dienone is 8. The quantitative estimate of drug-likeness (QED) is 0.447. The SMILES string of the molecule is CON=CC1=CC2=CC=CC2=C1.[H+]. The van der Waals surface area contributed by atoms with Crippen LogP contribution in [0.2, 0.25) is 0 Å². The van der Waals surface area contributed by atoms with Gasteiger partial charge in [-0.15, -0.1) is 0 Å². The van der Waals surface area contributed by atoms with E-state index in [1.165, 1.54) is 11.1 Å². The summed E-state index contributed by atoms with van der Waals surface area (Å²) in [5.41, 5.74) is 3.60. The molecule has 12 heavy (non-hydrogen) atoms. The van der Waals surface area contributed by atoms with E-state index in [9.17, 15) is 0 Å². The van der Waals surface area contributed by atoms with Gasteiger partial charge >= 0.3 is 1.43 Å². The van der Waals surface area contributed by atoms with E-state index in [0.717, 1.165) is 5.57 Å². The molecule has 0 unspecified atom stereocenters. The summed E-state index contributed by atoms with van der Waals surface area (Å²) in [6.07, 6.45) is 12.1. The van der Waals surface area contributed by atoms with Gasteiger partial charge in [0.1, 0.15) is 7.11 Å². The van der Waals surface area contributed by atoms with Gasteiger partial charge in [-0.05, 0) is 28.9 Å². The minimum Gasteiger partial charge on any atom is -0.399 e. The van der Waals surface area contributed by atoms with Crippen molar-refractivity contribution < 1.29 is 6.26 Å². The molecule has 0 atom stereocenters. The minimum atomic E-state index is 0. The molecule has 2 nitrogen and oxygen atoms in total. The molecule has 0 heterocycles. The molecule has 2 aliphatic rings. The molecule has 0 aromatic rings. The minimum absolute atomic E-state index is 0. The Morgan fingerprint density at radius 3 is 3.08 bits per heavy atom.